The Hall–Kier alpha value is -3.56. The van der Waals surface area contributed by atoms with Crippen LogP contribution in [0, 0.1) is 10.1 Å². The molecule has 35 heavy (non-hydrogen) atoms. The summed E-state index contributed by atoms with van der Waals surface area (Å²) in [6.45, 7) is -0.171. The Morgan fingerprint density at radius 3 is 2.14 bits per heavy atom. The number of aliphatic hydroxyl groups excluding tert-OH is 1. The second kappa shape index (κ2) is 14.0. The van der Waals surface area contributed by atoms with Gasteiger partial charge < -0.3 is 9.83 Å². The van der Waals surface area contributed by atoms with Crippen LogP contribution in [0.4, 0.5) is 14.6 Å². The van der Waals surface area contributed by atoms with Crippen molar-refractivity contribution in [1.82, 2.24) is 9.97 Å². The van der Waals surface area contributed by atoms with Gasteiger partial charge in [-0.2, -0.15) is 0 Å². The third kappa shape index (κ3) is 8.31. The van der Waals surface area contributed by atoms with Crippen LogP contribution in [0.1, 0.15) is 5.56 Å². The van der Waals surface area contributed by atoms with E-state index in [0.717, 1.165) is 24.3 Å². The normalized spacial score (nSPS) is 10.2. The van der Waals surface area contributed by atoms with Crippen LogP contribution < -0.4 is 0 Å². The largest absolute Gasteiger partial charge is 0.265 e. The number of nitro benzene ring substituents is 1. The standard InChI is InChI=1S/C18H14N3O5S.C5H5N.FH.Pd/c22-12-13-9-10-19-18(11-13)16-3-1-2-4-17(16)20-27(25,26)15-7-5-14(6-8-15)21(23)24;1-2-4-6-5-3-1;;/h1-11,22H,12H2;1-5H;1H;/q-1;;;+2/p-1. The molecule has 0 aliphatic heterocycles. The number of hydrogen-bond donors (Lipinski definition) is 1. The van der Waals surface area contributed by atoms with Gasteiger partial charge in [-0.1, -0.05) is 30.3 Å². The summed E-state index contributed by atoms with van der Waals surface area (Å²) in [6.07, 6.45) is 5.02. The summed E-state index contributed by atoms with van der Waals surface area (Å²) in [6, 6.07) is 20.1. The van der Waals surface area contributed by atoms with Crippen LogP contribution in [0.3, 0.4) is 0 Å². The van der Waals surface area contributed by atoms with Gasteiger partial charge in [-0.05, 0) is 47.5 Å². The number of nitrogens with zero attached hydrogens (tertiary/aromatic N) is 4. The smallest absolute Gasteiger partial charge is 0.0267 e. The maximum atomic E-state index is 12.6. The number of hydrogen-bond acceptors (Lipinski definition) is 7. The SMILES string of the molecule is O=[N+]([O-])c1ccc(S(=O)(=O)[N-]c2ccccc2-c2cc(CO)ccn2)cc1.[F][Pd+].c1ccncc1. The van der Waals surface area contributed by atoms with Crippen molar-refractivity contribution in [3.8, 4) is 11.3 Å². The van der Waals surface area contributed by atoms with Crippen molar-refractivity contribution in [2.24, 2.45) is 0 Å². The van der Waals surface area contributed by atoms with Crippen LogP contribution in [0.5, 0.6) is 0 Å². The number of sulfonamides is 1. The molecule has 0 bridgehead atoms. The molecule has 0 aliphatic carbocycles. The molecule has 12 heteroatoms. The molecule has 184 valence electrons. The average Bonchev–Trinajstić information content (AvgIpc) is 2.91. The fraction of sp³-hybridized carbons (Fsp3) is 0.0435. The second-order valence-electron chi connectivity index (χ2n) is 6.57. The van der Waals surface area contributed by atoms with E-state index < -0.39 is 14.9 Å². The molecule has 9 nitrogen and oxygen atoms in total. The minimum absolute atomic E-state index is 0.153. The van der Waals surface area contributed by atoms with E-state index >= 15 is 0 Å². The summed E-state index contributed by atoms with van der Waals surface area (Å²) < 4.78 is 38.4. The van der Waals surface area contributed by atoms with Gasteiger partial charge >= 0.3 is 22.9 Å². The molecule has 0 unspecified atom stereocenters. The van der Waals surface area contributed by atoms with Gasteiger partial charge in [-0.3, -0.25) is 20.1 Å². The van der Waals surface area contributed by atoms with Crippen LogP contribution in [0.15, 0.2) is 102 Å². The van der Waals surface area contributed by atoms with Crippen LogP contribution >= 0.6 is 0 Å². The molecule has 4 aromatic rings. The van der Waals surface area contributed by atoms with E-state index in [1.807, 2.05) is 18.2 Å². The molecule has 0 saturated heterocycles. The van der Waals surface area contributed by atoms with E-state index in [4.69, 9.17) is 0 Å². The van der Waals surface area contributed by atoms with Crippen molar-refractivity contribution < 1.29 is 41.4 Å². The zero-order valence-electron chi connectivity index (χ0n) is 17.9. The zero-order chi connectivity index (χ0) is 25.7. The quantitative estimate of drug-likeness (QED) is 0.189. The number of nitro groups is 1. The number of benzene rings is 2. The van der Waals surface area contributed by atoms with Crippen molar-refractivity contribution >= 4 is 21.4 Å². The molecule has 2 aromatic carbocycles. The summed E-state index contributed by atoms with van der Waals surface area (Å²) >= 11 is 1.25. The number of aromatic nitrogens is 2. The summed E-state index contributed by atoms with van der Waals surface area (Å²) in [5, 5.41) is 20.0. The number of non-ortho nitro benzene ring substituents is 1. The first-order valence-corrected chi connectivity index (χ1v) is 11.8. The third-order valence-electron chi connectivity index (χ3n) is 4.32. The maximum Gasteiger partial charge on any atom is 0.0267 e. The molecule has 2 heterocycles. The van der Waals surface area contributed by atoms with E-state index in [9.17, 15) is 26.9 Å². The Morgan fingerprint density at radius 1 is 0.943 bits per heavy atom. The number of pyridine rings is 2. The Morgan fingerprint density at radius 2 is 1.60 bits per heavy atom. The predicted molar refractivity (Wildman–Crippen MR) is 124 cm³/mol. The minimum atomic E-state index is -4.08. The Bertz CT molecular complexity index is 1300. The van der Waals surface area contributed by atoms with Gasteiger partial charge in [-0.25, -0.2) is 8.42 Å². The predicted octanol–water partition coefficient (Wildman–Crippen LogP) is 5.04. The maximum absolute atomic E-state index is 12.6. The van der Waals surface area contributed by atoms with Gasteiger partial charge in [0, 0.05) is 30.7 Å². The first-order valence-electron chi connectivity index (χ1n) is 9.75. The van der Waals surface area contributed by atoms with Gasteiger partial charge in [0.2, 0.25) is 0 Å². The molecule has 2 aromatic heterocycles. The number of rotatable bonds is 6. The average molecular weight is 589 g/mol. The third-order valence-corrected chi connectivity index (χ3v) is 5.62. The van der Waals surface area contributed by atoms with Crippen LogP contribution in [-0.2, 0) is 36.3 Å². The summed E-state index contributed by atoms with van der Waals surface area (Å²) in [7, 11) is -4.08. The molecule has 0 fully saturated rings. The summed E-state index contributed by atoms with van der Waals surface area (Å²) in [5.41, 5.74) is 1.56. The van der Waals surface area contributed by atoms with Crippen molar-refractivity contribution in [3.05, 3.63) is 118 Å². The molecule has 4 rings (SSSR count). The van der Waals surface area contributed by atoms with Gasteiger partial charge in [-0.15, -0.1) is 5.69 Å². The number of aliphatic hydroxyl groups is 1. The summed E-state index contributed by atoms with van der Waals surface area (Å²) in [5.74, 6) is 0. The van der Waals surface area contributed by atoms with Gasteiger partial charge in [0.15, 0.2) is 0 Å². The molecule has 0 atom stereocenters. The monoisotopic (exact) mass is 588 g/mol. The van der Waals surface area contributed by atoms with Gasteiger partial charge in [0.1, 0.15) is 10.0 Å². The second-order valence-corrected chi connectivity index (χ2v) is 8.17. The Kier molecular flexibility index (Phi) is 11.1. The molecule has 0 aliphatic rings. The van der Waals surface area contributed by atoms with E-state index in [-0.39, 0.29) is 22.9 Å². The molecule has 0 saturated carbocycles. The van der Waals surface area contributed by atoms with E-state index in [1.165, 1.54) is 32.0 Å². The van der Waals surface area contributed by atoms with Crippen molar-refractivity contribution in [3.63, 3.8) is 0 Å². The topological polar surface area (TPSA) is 137 Å². The molecular weight excluding hydrogens is 570 g/mol. The van der Waals surface area contributed by atoms with Crippen molar-refractivity contribution in [1.29, 1.82) is 0 Å². The van der Waals surface area contributed by atoms with Crippen LogP contribution in [-0.4, -0.2) is 28.4 Å². The fourth-order valence-corrected chi connectivity index (χ4v) is 3.73. The summed E-state index contributed by atoms with van der Waals surface area (Å²) in [4.78, 5) is 17.9. The van der Waals surface area contributed by atoms with Crippen molar-refractivity contribution in [2.75, 3.05) is 0 Å². The minimum Gasteiger partial charge on any atom is -0.265 e. The molecular formula is C23H19FN4O5PdS. The number of halogens is 1. The van der Waals surface area contributed by atoms with Crippen LogP contribution in [0.2, 0.25) is 0 Å². The first kappa shape index (κ1) is 27.7. The molecule has 0 spiro atoms. The van der Waals surface area contributed by atoms with E-state index in [2.05, 4.69) is 14.7 Å². The van der Waals surface area contributed by atoms with E-state index in [1.54, 1.807) is 42.7 Å². The molecule has 0 radical (unpaired) electrons. The zero-order valence-corrected chi connectivity index (χ0v) is 20.3. The molecule has 0 amide bonds. The van der Waals surface area contributed by atoms with Crippen molar-refractivity contribution in [2.45, 2.75) is 11.5 Å². The van der Waals surface area contributed by atoms with Gasteiger partial charge in [0.05, 0.1) is 22.1 Å². The molecule has 1 N–H and O–H groups in total. The van der Waals surface area contributed by atoms with Crippen LogP contribution in [0.25, 0.3) is 16.0 Å². The van der Waals surface area contributed by atoms with E-state index in [0.29, 0.717) is 16.8 Å². The fourth-order valence-electron chi connectivity index (χ4n) is 2.72. The Balaban J connectivity index is 0.000000463. The first-order chi connectivity index (χ1) is 16.9. The Labute approximate surface area is 212 Å². The van der Waals surface area contributed by atoms with Gasteiger partial charge in [0.25, 0.3) is 5.69 Å².